The number of esters is 1. The number of hydrogen-bond donors (Lipinski definition) is 0. The third-order valence-corrected chi connectivity index (χ3v) is 4.63. The summed E-state index contributed by atoms with van der Waals surface area (Å²) in [7, 11) is -3.13. The van der Waals surface area contributed by atoms with E-state index in [1.54, 1.807) is 0 Å². The third kappa shape index (κ3) is 4.15. The number of para-hydroxylation sites is 2. The lowest BCUT2D eigenvalue weighted by Gasteiger charge is -2.11. The van der Waals surface area contributed by atoms with Gasteiger partial charge in [0, 0.05) is 6.07 Å². The second kappa shape index (κ2) is 6.08. The minimum absolute atomic E-state index is 0.00401. The third-order valence-electron chi connectivity index (χ3n) is 2.90. The van der Waals surface area contributed by atoms with Crippen LogP contribution in [0.15, 0.2) is 24.3 Å². The number of ether oxygens (including phenoxy) is 2. The molecule has 0 amide bonds. The maximum Gasteiger partial charge on any atom is 0.344 e. The Hall–Kier alpha value is -2.16. The smallest absolute Gasteiger partial charge is 0.344 e. The van der Waals surface area contributed by atoms with E-state index in [1.165, 1.54) is 24.3 Å². The topological polar surface area (TPSA) is 113 Å². The Kier molecular flexibility index (Phi) is 4.41. The summed E-state index contributed by atoms with van der Waals surface area (Å²) in [6.45, 7) is -0.512. The molecule has 21 heavy (non-hydrogen) atoms. The van der Waals surface area contributed by atoms with Gasteiger partial charge in [-0.05, 0) is 12.5 Å². The second-order valence-electron chi connectivity index (χ2n) is 4.53. The number of hydrogen-bond acceptors (Lipinski definition) is 7. The molecule has 1 saturated heterocycles. The van der Waals surface area contributed by atoms with E-state index >= 15 is 0 Å². The number of carbonyl (C=O) groups is 1. The second-order valence-corrected chi connectivity index (χ2v) is 6.76. The molecule has 0 N–H and O–H groups in total. The van der Waals surface area contributed by atoms with Crippen LogP contribution in [0.1, 0.15) is 6.42 Å². The molecule has 1 aromatic rings. The Balaban J connectivity index is 1.89. The van der Waals surface area contributed by atoms with Gasteiger partial charge < -0.3 is 9.47 Å². The van der Waals surface area contributed by atoms with E-state index < -0.39 is 33.4 Å². The fraction of sp³-hybridized carbons (Fsp3) is 0.417. The zero-order chi connectivity index (χ0) is 15.5. The number of benzene rings is 1. The van der Waals surface area contributed by atoms with Crippen molar-refractivity contribution in [3.63, 3.8) is 0 Å². The molecule has 0 saturated carbocycles. The van der Waals surface area contributed by atoms with Gasteiger partial charge in [-0.3, -0.25) is 10.1 Å². The van der Waals surface area contributed by atoms with E-state index in [-0.39, 0.29) is 29.4 Å². The molecule has 0 radical (unpaired) electrons. The molecule has 0 bridgehead atoms. The van der Waals surface area contributed by atoms with Crippen molar-refractivity contribution in [2.24, 2.45) is 0 Å². The summed E-state index contributed by atoms with van der Waals surface area (Å²) in [5.74, 6) is -0.992. The molecular weight excluding hydrogens is 302 g/mol. The van der Waals surface area contributed by atoms with Crippen molar-refractivity contribution in [1.29, 1.82) is 0 Å². The lowest BCUT2D eigenvalue weighted by atomic mass is 10.3. The van der Waals surface area contributed by atoms with Crippen molar-refractivity contribution in [2.75, 3.05) is 18.1 Å². The van der Waals surface area contributed by atoms with Gasteiger partial charge in [0.1, 0.15) is 6.10 Å². The molecule has 0 spiro atoms. The summed E-state index contributed by atoms with van der Waals surface area (Å²) in [6, 6.07) is 5.64. The molecule has 1 aliphatic rings. The molecule has 8 nitrogen and oxygen atoms in total. The van der Waals surface area contributed by atoms with Gasteiger partial charge >= 0.3 is 11.7 Å². The van der Waals surface area contributed by atoms with Crippen molar-refractivity contribution in [3.05, 3.63) is 34.4 Å². The minimum atomic E-state index is -3.13. The number of nitro benzene ring substituents is 1. The number of rotatable bonds is 5. The van der Waals surface area contributed by atoms with Gasteiger partial charge in [-0.15, -0.1) is 0 Å². The molecule has 0 unspecified atom stereocenters. The zero-order valence-corrected chi connectivity index (χ0v) is 11.7. The Bertz CT molecular complexity index is 655. The van der Waals surface area contributed by atoms with Crippen molar-refractivity contribution in [1.82, 2.24) is 0 Å². The first-order valence-electron chi connectivity index (χ1n) is 6.13. The highest BCUT2D eigenvalue weighted by atomic mass is 32.2. The van der Waals surface area contributed by atoms with Crippen molar-refractivity contribution >= 4 is 21.5 Å². The van der Waals surface area contributed by atoms with Gasteiger partial charge in [-0.25, -0.2) is 13.2 Å². The lowest BCUT2D eigenvalue weighted by Crippen LogP contribution is -2.23. The van der Waals surface area contributed by atoms with Gasteiger partial charge in [-0.2, -0.15) is 0 Å². The van der Waals surface area contributed by atoms with Crippen molar-refractivity contribution in [2.45, 2.75) is 12.5 Å². The molecule has 9 heteroatoms. The molecule has 1 atom stereocenters. The fourth-order valence-corrected chi connectivity index (χ4v) is 3.53. The molecular formula is C12H13NO7S. The zero-order valence-electron chi connectivity index (χ0n) is 10.9. The van der Waals surface area contributed by atoms with Gasteiger partial charge in [0.2, 0.25) is 0 Å². The molecule has 1 aromatic carbocycles. The first-order chi connectivity index (χ1) is 9.87. The predicted molar refractivity (Wildman–Crippen MR) is 71.7 cm³/mol. The molecule has 114 valence electrons. The van der Waals surface area contributed by atoms with Gasteiger partial charge in [0.05, 0.1) is 16.4 Å². The number of nitrogens with zero attached hydrogens (tertiary/aromatic N) is 1. The van der Waals surface area contributed by atoms with Gasteiger partial charge in [0.25, 0.3) is 0 Å². The Morgan fingerprint density at radius 1 is 1.38 bits per heavy atom. The minimum Gasteiger partial charge on any atom is -0.475 e. The highest BCUT2D eigenvalue weighted by Gasteiger charge is 2.30. The summed E-state index contributed by atoms with van der Waals surface area (Å²) >= 11 is 0. The fourth-order valence-electron chi connectivity index (χ4n) is 1.94. The monoisotopic (exact) mass is 315 g/mol. The summed E-state index contributed by atoms with van der Waals surface area (Å²) < 4.78 is 32.5. The van der Waals surface area contributed by atoms with E-state index in [0.717, 1.165) is 0 Å². The maximum absolute atomic E-state index is 11.6. The molecule has 1 heterocycles. The average Bonchev–Trinajstić information content (AvgIpc) is 2.75. The van der Waals surface area contributed by atoms with Crippen molar-refractivity contribution in [3.8, 4) is 5.75 Å². The Morgan fingerprint density at radius 2 is 2.10 bits per heavy atom. The van der Waals surface area contributed by atoms with Crippen LogP contribution in [0.5, 0.6) is 5.75 Å². The Morgan fingerprint density at radius 3 is 2.71 bits per heavy atom. The average molecular weight is 315 g/mol. The summed E-state index contributed by atoms with van der Waals surface area (Å²) in [5, 5.41) is 10.8. The lowest BCUT2D eigenvalue weighted by molar-refractivity contribution is -0.385. The first-order valence-corrected chi connectivity index (χ1v) is 7.95. The molecule has 1 aliphatic heterocycles. The highest BCUT2D eigenvalue weighted by molar-refractivity contribution is 7.91. The highest BCUT2D eigenvalue weighted by Crippen LogP contribution is 2.25. The number of carbonyl (C=O) groups excluding carboxylic acids is 1. The number of nitro groups is 1. The molecule has 0 aromatic heterocycles. The van der Waals surface area contributed by atoms with Crippen LogP contribution in [0.4, 0.5) is 5.69 Å². The van der Waals surface area contributed by atoms with Crippen LogP contribution in [0, 0.1) is 10.1 Å². The SMILES string of the molecule is O=C(COc1ccccc1[N+](=O)[O-])O[C@H]1CCS(=O)(=O)C1. The Labute approximate surface area is 120 Å². The van der Waals surface area contributed by atoms with E-state index in [0.29, 0.717) is 0 Å². The first kappa shape index (κ1) is 15.2. The standard InChI is InChI=1S/C12H13NO7S/c14-12(20-9-5-6-21(17,18)8-9)7-19-11-4-2-1-3-10(11)13(15)16/h1-4,9H,5-8H2/t9-/m0/s1. The maximum atomic E-state index is 11.6. The normalized spacial score (nSPS) is 19.9. The van der Waals surface area contributed by atoms with Crippen LogP contribution in [0.3, 0.4) is 0 Å². The summed E-state index contributed by atoms with van der Waals surface area (Å²) in [5.41, 5.74) is -0.256. The quantitative estimate of drug-likeness (QED) is 0.446. The van der Waals surface area contributed by atoms with Crippen LogP contribution in [-0.4, -0.2) is 43.5 Å². The van der Waals surface area contributed by atoms with Crippen LogP contribution >= 0.6 is 0 Å². The van der Waals surface area contributed by atoms with Gasteiger partial charge in [-0.1, -0.05) is 12.1 Å². The molecule has 2 rings (SSSR count). The largest absolute Gasteiger partial charge is 0.475 e. The van der Waals surface area contributed by atoms with Crippen molar-refractivity contribution < 1.29 is 27.6 Å². The molecule has 1 fully saturated rings. The van der Waals surface area contributed by atoms with E-state index in [4.69, 9.17) is 9.47 Å². The van der Waals surface area contributed by atoms with Crippen LogP contribution in [-0.2, 0) is 19.4 Å². The van der Waals surface area contributed by atoms with Crippen LogP contribution in [0.2, 0.25) is 0 Å². The van der Waals surface area contributed by atoms with E-state index in [1.807, 2.05) is 0 Å². The van der Waals surface area contributed by atoms with Crippen LogP contribution in [0.25, 0.3) is 0 Å². The molecule has 0 aliphatic carbocycles. The van der Waals surface area contributed by atoms with E-state index in [2.05, 4.69) is 0 Å². The predicted octanol–water partition coefficient (Wildman–Crippen LogP) is 0.704. The number of sulfone groups is 1. The van der Waals surface area contributed by atoms with Gasteiger partial charge in [0.15, 0.2) is 22.2 Å². The van der Waals surface area contributed by atoms with E-state index in [9.17, 15) is 23.3 Å². The van der Waals surface area contributed by atoms with Crippen LogP contribution < -0.4 is 4.74 Å². The summed E-state index contributed by atoms with van der Waals surface area (Å²) in [6.07, 6.45) is -0.406. The summed E-state index contributed by atoms with van der Waals surface area (Å²) in [4.78, 5) is 21.7.